The summed E-state index contributed by atoms with van der Waals surface area (Å²) >= 11 is 0. The summed E-state index contributed by atoms with van der Waals surface area (Å²) < 4.78 is 7.32. The number of carbonyl (C=O) groups is 1. The minimum Gasteiger partial charge on any atom is -0.462 e. The predicted molar refractivity (Wildman–Crippen MR) is 134 cm³/mol. The number of nitrogens with one attached hydrogen (secondary N) is 2. The Labute approximate surface area is 202 Å². The van der Waals surface area contributed by atoms with Gasteiger partial charge in [-0.3, -0.25) is 0 Å². The van der Waals surface area contributed by atoms with Crippen molar-refractivity contribution >= 4 is 23.0 Å². The van der Waals surface area contributed by atoms with E-state index in [9.17, 15) is 4.79 Å². The van der Waals surface area contributed by atoms with Crippen LogP contribution in [0.25, 0.3) is 33.5 Å². The van der Waals surface area contributed by atoms with E-state index >= 15 is 0 Å². The van der Waals surface area contributed by atoms with Crippen LogP contribution in [0, 0.1) is 0 Å². The summed E-state index contributed by atoms with van der Waals surface area (Å²) in [5.74, 6) is 0.976. The molecule has 5 rings (SSSR count). The van der Waals surface area contributed by atoms with Gasteiger partial charge in [-0.1, -0.05) is 54.6 Å². The van der Waals surface area contributed by atoms with E-state index in [1.165, 1.54) is 0 Å². The Morgan fingerprint density at radius 3 is 2.51 bits per heavy atom. The normalized spacial score (nSPS) is 11.0. The molecule has 0 saturated heterocycles. The van der Waals surface area contributed by atoms with E-state index in [1.54, 1.807) is 13.0 Å². The highest BCUT2D eigenvalue weighted by Crippen LogP contribution is 2.30. The lowest BCUT2D eigenvalue weighted by atomic mass is 9.98. The maximum atomic E-state index is 12.5. The molecule has 0 aliphatic carbocycles. The van der Waals surface area contributed by atoms with Crippen LogP contribution in [-0.2, 0) is 11.3 Å². The summed E-state index contributed by atoms with van der Waals surface area (Å²) in [6.45, 7) is 5.44. The van der Waals surface area contributed by atoms with Crippen LogP contribution in [0.5, 0.6) is 0 Å². The number of para-hydroxylation sites is 1. The zero-order chi connectivity index (χ0) is 24.2. The number of ether oxygens (including phenoxy) is 1. The largest absolute Gasteiger partial charge is 0.462 e. The lowest BCUT2D eigenvalue weighted by Crippen LogP contribution is -2.08. The van der Waals surface area contributed by atoms with Crippen LogP contribution in [0.2, 0.25) is 0 Å². The van der Waals surface area contributed by atoms with Crippen molar-refractivity contribution in [3.05, 3.63) is 77.9 Å². The Balaban J connectivity index is 1.49. The molecule has 3 aromatic carbocycles. The number of anilines is 1. The van der Waals surface area contributed by atoms with Gasteiger partial charge in [-0.25, -0.2) is 14.9 Å². The zero-order valence-electron chi connectivity index (χ0n) is 19.5. The highest BCUT2D eigenvalue weighted by Gasteiger charge is 2.18. The van der Waals surface area contributed by atoms with Crippen LogP contribution in [0.15, 0.2) is 66.7 Å². The standard InChI is InChI=1S/C26H25N7O2/c1-3-27-26-28-23-21(25(34)35-4-2)10-7-11-22(23)33(26)16-17-12-14-18(15-13-17)19-8-5-6-9-20(19)24-29-31-32-30-24/h5-15H,3-4,16H2,1-2H3,(H,27,28)(H,29,30,31,32). The molecule has 35 heavy (non-hydrogen) atoms. The molecule has 5 aromatic rings. The number of nitrogens with zero attached hydrogens (tertiary/aromatic N) is 5. The van der Waals surface area contributed by atoms with Gasteiger partial charge in [0.1, 0.15) is 5.52 Å². The summed E-state index contributed by atoms with van der Waals surface area (Å²) in [7, 11) is 0. The summed E-state index contributed by atoms with van der Waals surface area (Å²) in [4.78, 5) is 17.2. The molecule has 0 aliphatic heterocycles. The van der Waals surface area contributed by atoms with Crippen molar-refractivity contribution < 1.29 is 9.53 Å². The Bertz CT molecular complexity index is 1460. The molecule has 9 heteroatoms. The van der Waals surface area contributed by atoms with Gasteiger partial charge in [0, 0.05) is 12.1 Å². The second kappa shape index (κ2) is 9.76. The fourth-order valence-electron chi connectivity index (χ4n) is 4.16. The first-order chi connectivity index (χ1) is 17.2. The molecule has 0 atom stereocenters. The quantitative estimate of drug-likeness (QED) is 0.322. The van der Waals surface area contributed by atoms with Crippen LogP contribution < -0.4 is 5.32 Å². The zero-order valence-corrected chi connectivity index (χ0v) is 19.5. The fraction of sp³-hybridized carbons (Fsp3) is 0.192. The van der Waals surface area contributed by atoms with E-state index in [0.29, 0.717) is 42.5 Å². The molecule has 176 valence electrons. The van der Waals surface area contributed by atoms with Crippen molar-refractivity contribution in [2.45, 2.75) is 20.4 Å². The highest BCUT2D eigenvalue weighted by atomic mass is 16.5. The second-order valence-corrected chi connectivity index (χ2v) is 7.94. The van der Waals surface area contributed by atoms with Gasteiger partial charge >= 0.3 is 5.97 Å². The first-order valence-corrected chi connectivity index (χ1v) is 11.5. The highest BCUT2D eigenvalue weighted by molar-refractivity contribution is 6.02. The summed E-state index contributed by atoms with van der Waals surface area (Å²) in [6, 6.07) is 22.0. The maximum Gasteiger partial charge on any atom is 0.340 e. The smallest absolute Gasteiger partial charge is 0.340 e. The van der Waals surface area contributed by atoms with E-state index in [-0.39, 0.29) is 5.97 Å². The lowest BCUT2D eigenvalue weighted by molar-refractivity contribution is 0.0528. The molecule has 0 spiro atoms. The number of hydrogen-bond donors (Lipinski definition) is 2. The number of tetrazole rings is 1. The first kappa shape index (κ1) is 22.3. The molecule has 0 amide bonds. The van der Waals surface area contributed by atoms with Gasteiger partial charge in [-0.2, -0.15) is 0 Å². The monoisotopic (exact) mass is 467 g/mol. The molecular weight excluding hydrogens is 442 g/mol. The van der Waals surface area contributed by atoms with Crippen LogP contribution in [-0.4, -0.2) is 49.3 Å². The Hall–Kier alpha value is -4.53. The minimum absolute atomic E-state index is 0.318. The summed E-state index contributed by atoms with van der Waals surface area (Å²) in [5, 5.41) is 17.6. The van der Waals surface area contributed by atoms with Gasteiger partial charge < -0.3 is 14.6 Å². The van der Waals surface area contributed by atoms with Crippen molar-refractivity contribution in [1.82, 2.24) is 30.2 Å². The summed E-state index contributed by atoms with van der Waals surface area (Å²) in [5.41, 5.74) is 6.12. The summed E-state index contributed by atoms with van der Waals surface area (Å²) in [6.07, 6.45) is 0. The van der Waals surface area contributed by atoms with E-state index in [2.05, 4.69) is 60.8 Å². The number of rotatable bonds is 8. The molecule has 0 aliphatic rings. The second-order valence-electron chi connectivity index (χ2n) is 7.94. The molecule has 2 heterocycles. The number of imidazole rings is 1. The van der Waals surface area contributed by atoms with E-state index in [4.69, 9.17) is 9.72 Å². The van der Waals surface area contributed by atoms with Crippen LogP contribution in [0.3, 0.4) is 0 Å². The van der Waals surface area contributed by atoms with Crippen molar-refractivity contribution in [2.24, 2.45) is 0 Å². The minimum atomic E-state index is -0.365. The third-order valence-corrected chi connectivity index (χ3v) is 5.74. The molecule has 0 bridgehead atoms. The number of aromatic nitrogens is 6. The van der Waals surface area contributed by atoms with Crippen molar-refractivity contribution in [3.63, 3.8) is 0 Å². The third kappa shape index (κ3) is 4.35. The average Bonchev–Trinajstić information content (AvgIpc) is 3.54. The van der Waals surface area contributed by atoms with Gasteiger partial charge in [0.15, 0.2) is 5.82 Å². The molecule has 2 N–H and O–H groups in total. The number of fused-ring (bicyclic) bond motifs is 1. The fourth-order valence-corrected chi connectivity index (χ4v) is 4.16. The molecule has 2 aromatic heterocycles. The van der Waals surface area contributed by atoms with Crippen molar-refractivity contribution in [3.8, 4) is 22.5 Å². The number of hydrogen-bond acceptors (Lipinski definition) is 7. The molecular formula is C26H25N7O2. The number of carbonyl (C=O) groups excluding carboxylic acids is 1. The molecule has 0 unspecified atom stereocenters. The van der Waals surface area contributed by atoms with Crippen LogP contribution in [0.1, 0.15) is 29.8 Å². The molecule has 9 nitrogen and oxygen atoms in total. The lowest BCUT2D eigenvalue weighted by Gasteiger charge is -2.12. The van der Waals surface area contributed by atoms with Gasteiger partial charge in [-0.15, -0.1) is 5.10 Å². The van der Waals surface area contributed by atoms with Crippen LogP contribution >= 0.6 is 0 Å². The Morgan fingerprint density at radius 2 is 1.80 bits per heavy atom. The van der Waals surface area contributed by atoms with E-state index in [1.807, 2.05) is 37.3 Å². The third-order valence-electron chi connectivity index (χ3n) is 5.74. The number of esters is 1. The number of aromatic amines is 1. The van der Waals surface area contributed by atoms with Crippen molar-refractivity contribution in [1.29, 1.82) is 0 Å². The van der Waals surface area contributed by atoms with Crippen LogP contribution in [0.4, 0.5) is 5.95 Å². The van der Waals surface area contributed by atoms with Gasteiger partial charge in [0.25, 0.3) is 0 Å². The predicted octanol–water partition coefficient (Wildman–Crippen LogP) is 4.54. The topological polar surface area (TPSA) is 111 Å². The number of benzene rings is 3. The van der Waals surface area contributed by atoms with Gasteiger partial charge in [-0.05, 0) is 53.1 Å². The SMILES string of the molecule is CCNc1nc2c(C(=O)OCC)cccc2n1Cc1ccc(-c2ccccc2-c2nnn[nH]2)cc1. The first-order valence-electron chi connectivity index (χ1n) is 11.5. The van der Waals surface area contributed by atoms with Gasteiger partial charge in [0.2, 0.25) is 5.95 Å². The van der Waals surface area contributed by atoms with E-state index < -0.39 is 0 Å². The molecule has 0 fully saturated rings. The average molecular weight is 468 g/mol. The molecule has 0 saturated carbocycles. The van der Waals surface area contributed by atoms with E-state index in [0.717, 1.165) is 27.8 Å². The maximum absolute atomic E-state index is 12.5. The van der Waals surface area contributed by atoms with Gasteiger partial charge in [0.05, 0.1) is 24.2 Å². The van der Waals surface area contributed by atoms with Crippen molar-refractivity contribution in [2.75, 3.05) is 18.5 Å². The molecule has 0 radical (unpaired) electrons. The Morgan fingerprint density at radius 1 is 1.00 bits per heavy atom. The number of H-pyrrole nitrogens is 1. The Kier molecular flexibility index (Phi) is 6.21.